The van der Waals surface area contributed by atoms with Crippen LogP contribution in [0.3, 0.4) is 0 Å². The van der Waals surface area contributed by atoms with Crippen LogP contribution in [0.2, 0.25) is 0 Å². The van der Waals surface area contributed by atoms with Crippen LogP contribution in [0.25, 0.3) is 0 Å². The highest BCUT2D eigenvalue weighted by atomic mass is 32.2. The average Bonchev–Trinajstić information content (AvgIpc) is 3.84. The summed E-state index contributed by atoms with van der Waals surface area (Å²) in [5.41, 5.74) is 1.42. The molecule has 2 aromatic heterocycles. The predicted octanol–water partition coefficient (Wildman–Crippen LogP) is -0.0439. The number of thioether (sulfide) groups is 2. The number of nitrogens with one attached hydrogen (secondary N) is 2. The monoisotopic (exact) mass is 812 g/mol. The van der Waals surface area contributed by atoms with Gasteiger partial charge in [-0.15, -0.1) is 43.9 Å². The maximum atomic E-state index is 13.8. The molecule has 22 heteroatoms. The Kier molecular flexibility index (Phi) is 10.3. The largest absolute Gasteiger partial charge is 0.423 e. The maximum absolute atomic E-state index is 13.8. The molecule has 292 valence electrons. The highest BCUT2D eigenvalue weighted by molar-refractivity contribution is 8.00. The number of amides is 4. The summed E-state index contributed by atoms with van der Waals surface area (Å²) in [4.78, 5) is 85.6. The number of rotatable bonds is 12. The number of hydrogen-bond donors (Lipinski definition) is 2. The van der Waals surface area contributed by atoms with Crippen LogP contribution >= 0.6 is 23.5 Å². The highest BCUT2D eigenvalue weighted by Crippen LogP contribution is 2.42. The number of esters is 2. The van der Waals surface area contributed by atoms with Crippen LogP contribution < -0.4 is 10.6 Å². The quantitative estimate of drug-likeness (QED) is 0.108. The first-order valence-corrected chi connectivity index (χ1v) is 19.6. The van der Waals surface area contributed by atoms with E-state index in [1.165, 1.54) is 42.9 Å². The van der Waals surface area contributed by atoms with Gasteiger partial charge in [0.15, 0.2) is 11.6 Å². The third-order valence-electron chi connectivity index (χ3n) is 9.28. The third kappa shape index (κ3) is 7.35. The number of ether oxygens (including phenoxy) is 2. The van der Waals surface area contributed by atoms with Gasteiger partial charge in [-0.25, -0.2) is 9.59 Å². The number of aromatic nitrogens is 8. The molecule has 0 aliphatic carbocycles. The smallest absolute Gasteiger partial charge is 0.358 e. The highest BCUT2D eigenvalue weighted by Gasteiger charge is 2.56. The molecule has 8 rings (SSSR count). The first-order valence-electron chi connectivity index (χ1n) is 17.5. The minimum absolute atomic E-state index is 0.000251. The minimum atomic E-state index is -0.974. The van der Waals surface area contributed by atoms with Crippen LogP contribution in [0.4, 0.5) is 0 Å². The van der Waals surface area contributed by atoms with Crippen molar-refractivity contribution < 1.29 is 38.2 Å². The summed E-state index contributed by atoms with van der Waals surface area (Å²) < 4.78 is 10.9. The Labute approximate surface area is 331 Å². The summed E-state index contributed by atoms with van der Waals surface area (Å²) in [5.74, 6) is -2.62. The number of hydrogen-bond acceptors (Lipinski definition) is 16. The number of aryl methyl sites for hydroxylation is 2. The maximum Gasteiger partial charge on any atom is 0.358 e. The van der Waals surface area contributed by atoms with E-state index < -0.39 is 65.2 Å². The summed E-state index contributed by atoms with van der Waals surface area (Å²) in [5, 5.41) is 28.4. The molecule has 2 fully saturated rings. The number of nitrogens with zero attached hydrogens (tertiary/aromatic N) is 10. The molecule has 0 spiro atoms. The summed E-state index contributed by atoms with van der Waals surface area (Å²) in [7, 11) is 0. The number of benzene rings is 2. The molecule has 4 amide bonds. The van der Waals surface area contributed by atoms with E-state index in [0.29, 0.717) is 33.9 Å². The van der Waals surface area contributed by atoms with Crippen LogP contribution in [0, 0.1) is 13.8 Å². The SMILES string of the molecule is Cc1nnn(CC2=C(C(=O)OCOC(=O)C3=C(Cn4nnc(C)n4)CS[C@@H]4[C@H](NC(=O)c5ccccc5)C(=O)N34)N3C(=O)[C@@H](NC(=O)c4ccccc4)[C@H]3SC2)n1. The van der Waals surface area contributed by atoms with Gasteiger partial charge in [0.05, 0.1) is 13.1 Å². The van der Waals surface area contributed by atoms with Gasteiger partial charge < -0.3 is 20.1 Å². The van der Waals surface area contributed by atoms with Crippen LogP contribution in [-0.4, -0.2) is 127 Å². The van der Waals surface area contributed by atoms with Crippen molar-refractivity contribution in [1.29, 1.82) is 0 Å². The standard InChI is InChI=1S/C35H32N12O8S2/c1-18-38-42-44(40-18)13-22-15-56-32-24(36-28(48)20-9-5-3-6-10-20)30(50)46(32)26(22)34(52)54-17-55-35(53)27-23(14-45-41-19(2)39-43-45)16-57-33-25(31(51)47(27)33)37-29(49)21-11-7-4-8-12-21/h3-12,24-25,32-33H,13-17H2,1-2H3,(H,36,48)(H,37,49)/t24-,25-,32-,33-/m1/s1. The molecule has 0 saturated carbocycles. The first kappa shape index (κ1) is 37.5. The summed E-state index contributed by atoms with van der Waals surface area (Å²) in [6.07, 6.45) is 0. The van der Waals surface area contributed by atoms with E-state index in [2.05, 4.69) is 41.5 Å². The molecule has 2 saturated heterocycles. The summed E-state index contributed by atoms with van der Waals surface area (Å²) >= 11 is 2.68. The van der Waals surface area contributed by atoms with E-state index in [1.807, 2.05) is 0 Å². The molecule has 57 heavy (non-hydrogen) atoms. The zero-order chi connectivity index (χ0) is 39.8. The van der Waals surface area contributed by atoms with Gasteiger partial charge in [-0.2, -0.15) is 9.59 Å². The summed E-state index contributed by atoms with van der Waals surface area (Å²) in [6.45, 7) is 2.42. The Bertz CT molecular complexity index is 2190. The van der Waals surface area contributed by atoms with E-state index in [0.717, 1.165) is 0 Å². The van der Waals surface area contributed by atoms with Crippen molar-refractivity contribution in [2.24, 2.45) is 0 Å². The van der Waals surface area contributed by atoms with Crippen molar-refractivity contribution in [2.75, 3.05) is 18.3 Å². The normalized spacial score (nSPS) is 21.2. The Morgan fingerprint density at radius 2 is 1.07 bits per heavy atom. The van der Waals surface area contributed by atoms with Gasteiger partial charge in [-0.05, 0) is 59.7 Å². The fourth-order valence-corrected chi connectivity index (χ4v) is 9.28. The Hall–Kier alpha value is -6.42. The Balaban J connectivity index is 0.985. The van der Waals surface area contributed by atoms with Crippen molar-refractivity contribution in [2.45, 2.75) is 49.8 Å². The number of carbonyl (C=O) groups excluding carboxylic acids is 6. The lowest BCUT2D eigenvalue weighted by molar-refractivity contribution is -0.168. The minimum Gasteiger partial charge on any atom is -0.423 e. The number of fused-ring (bicyclic) bond motifs is 2. The number of β-lactam (4-membered cyclic amide) rings is 2. The molecule has 4 aliphatic heterocycles. The summed E-state index contributed by atoms with van der Waals surface area (Å²) in [6, 6.07) is 15.0. The lowest BCUT2D eigenvalue weighted by Gasteiger charge is -2.49. The van der Waals surface area contributed by atoms with Crippen LogP contribution in [-0.2, 0) is 41.7 Å². The van der Waals surface area contributed by atoms with Gasteiger partial charge in [0.1, 0.15) is 34.2 Å². The van der Waals surface area contributed by atoms with Crippen molar-refractivity contribution in [3.63, 3.8) is 0 Å². The van der Waals surface area contributed by atoms with E-state index in [-0.39, 0.29) is 36.0 Å². The second-order valence-corrected chi connectivity index (χ2v) is 15.3. The molecule has 20 nitrogen and oxygen atoms in total. The van der Waals surface area contributed by atoms with E-state index in [4.69, 9.17) is 9.47 Å². The number of tetrazole rings is 2. The fraction of sp³-hybridized carbons (Fsp3) is 0.314. The molecular formula is C35H32N12O8S2. The zero-order valence-corrected chi connectivity index (χ0v) is 31.8. The van der Waals surface area contributed by atoms with E-state index >= 15 is 0 Å². The van der Waals surface area contributed by atoms with Crippen molar-refractivity contribution >= 4 is 59.1 Å². The van der Waals surface area contributed by atoms with Gasteiger partial charge in [0.2, 0.25) is 6.79 Å². The molecule has 4 atom stereocenters. The lowest BCUT2D eigenvalue weighted by atomic mass is 10.0. The van der Waals surface area contributed by atoms with Crippen LogP contribution in [0.15, 0.2) is 83.2 Å². The van der Waals surface area contributed by atoms with Gasteiger partial charge >= 0.3 is 11.9 Å². The van der Waals surface area contributed by atoms with Gasteiger partial charge in [0, 0.05) is 22.6 Å². The van der Waals surface area contributed by atoms with E-state index in [1.54, 1.807) is 74.5 Å². The topological polar surface area (TPSA) is 239 Å². The van der Waals surface area contributed by atoms with Crippen LogP contribution in [0.1, 0.15) is 32.4 Å². The Morgan fingerprint density at radius 3 is 1.44 bits per heavy atom. The van der Waals surface area contributed by atoms with Gasteiger partial charge in [0.25, 0.3) is 23.6 Å². The van der Waals surface area contributed by atoms with Gasteiger partial charge in [-0.3, -0.25) is 29.0 Å². The average molecular weight is 813 g/mol. The molecular weight excluding hydrogens is 781 g/mol. The van der Waals surface area contributed by atoms with Crippen LogP contribution in [0.5, 0.6) is 0 Å². The molecule has 2 N–H and O–H groups in total. The zero-order valence-electron chi connectivity index (χ0n) is 30.2. The molecule has 4 aliphatic rings. The van der Waals surface area contributed by atoms with E-state index in [9.17, 15) is 28.8 Å². The number of carbonyl (C=O) groups is 6. The lowest BCUT2D eigenvalue weighted by Crippen LogP contribution is -2.70. The van der Waals surface area contributed by atoms with Crippen molar-refractivity contribution in [1.82, 2.24) is 60.8 Å². The second kappa shape index (κ2) is 15.6. The Morgan fingerprint density at radius 1 is 0.667 bits per heavy atom. The molecule has 0 unspecified atom stereocenters. The second-order valence-electron chi connectivity index (χ2n) is 13.1. The molecule has 4 aromatic rings. The first-order chi connectivity index (χ1) is 27.6. The fourth-order valence-electron chi connectivity index (χ4n) is 6.61. The van der Waals surface area contributed by atoms with Crippen molar-refractivity contribution in [3.05, 3.63) is 106 Å². The molecule has 6 heterocycles. The predicted molar refractivity (Wildman–Crippen MR) is 198 cm³/mol. The molecule has 2 aromatic carbocycles. The molecule has 0 bridgehead atoms. The van der Waals surface area contributed by atoms with Crippen molar-refractivity contribution in [3.8, 4) is 0 Å². The third-order valence-corrected chi connectivity index (χ3v) is 12.0. The van der Waals surface area contributed by atoms with Gasteiger partial charge in [-0.1, -0.05) is 36.4 Å². The molecule has 0 radical (unpaired) electrons.